The molecule has 2 aromatic heterocycles. The summed E-state index contributed by atoms with van der Waals surface area (Å²) in [6, 6.07) is 3.14. The molecule has 1 atom stereocenters. The number of rotatable bonds is 6. The van der Waals surface area contributed by atoms with Crippen LogP contribution in [0.15, 0.2) is 24.8 Å². The topological polar surface area (TPSA) is 55.1 Å². The van der Waals surface area contributed by atoms with E-state index in [0.717, 1.165) is 19.3 Å². The van der Waals surface area contributed by atoms with E-state index in [4.69, 9.17) is 0 Å². The van der Waals surface area contributed by atoms with Crippen molar-refractivity contribution in [1.82, 2.24) is 19.8 Å². The highest BCUT2D eigenvalue weighted by Gasteiger charge is 2.37. The van der Waals surface area contributed by atoms with Gasteiger partial charge >= 0.3 is 6.18 Å². The number of halogens is 3. The normalized spacial score (nSPS) is 13.3. The van der Waals surface area contributed by atoms with E-state index in [1.54, 1.807) is 6.07 Å². The molecule has 114 valence electrons. The molecule has 0 aliphatic carbocycles. The summed E-state index contributed by atoms with van der Waals surface area (Å²) in [4.78, 5) is 0. The molecule has 0 bridgehead atoms. The first kappa shape index (κ1) is 15.3. The summed E-state index contributed by atoms with van der Waals surface area (Å²) in [5.74, 6) is -0.764. The van der Waals surface area contributed by atoms with Gasteiger partial charge in [-0.3, -0.25) is 0 Å². The third-order valence-corrected chi connectivity index (χ3v) is 2.96. The molecule has 0 fully saturated rings. The summed E-state index contributed by atoms with van der Waals surface area (Å²) in [7, 11) is 0. The van der Waals surface area contributed by atoms with Crippen molar-refractivity contribution in [2.24, 2.45) is 0 Å². The van der Waals surface area contributed by atoms with Crippen molar-refractivity contribution in [2.75, 3.05) is 5.32 Å². The Hall–Kier alpha value is -2.12. The van der Waals surface area contributed by atoms with Crippen LogP contribution in [-0.4, -0.2) is 25.9 Å². The second-order valence-electron chi connectivity index (χ2n) is 4.77. The maximum atomic E-state index is 12.8. The highest BCUT2D eigenvalue weighted by molar-refractivity contribution is 5.44. The number of hydrogen-bond acceptors (Lipinski definition) is 4. The van der Waals surface area contributed by atoms with Gasteiger partial charge in [0.15, 0.2) is 5.65 Å². The zero-order valence-electron chi connectivity index (χ0n) is 11.6. The minimum atomic E-state index is -4.58. The lowest BCUT2D eigenvalue weighted by Gasteiger charge is -2.14. The fraction of sp³-hybridized carbons (Fsp3) is 0.462. The Balaban J connectivity index is 2.16. The van der Waals surface area contributed by atoms with E-state index in [-0.39, 0.29) is 11.7 Å². The number of nitrogens with zero attached hydrogens (tertiary/aromatic N) is 4. The maximum Gasteiger partial charge on any atom is 0.453 e. The second-order valence-corrected chi connectivity index (χ2v) is 4.77. The smallest absolute Gasteiger partial charge is 0.366 e. The van der Waals surface area contributed by atoms with Crippen molar-refractivity contribution in [3.8, 4) is 0 Å². The van der Waals surface area contributed by atoms with E-state index < -0.39 is 12.0 Å². The third kappa shape index (κ3) is 3.71. The highest BCUT2D eigenvalue weighted by atomic mass is 19.4. The van der Waals surface area contributed by atoms with Crippen LogP contribution in [0.3, 0.4) is 0 Å². The second kappa shape index (κ2) is 6.11. The summed E-state index contributed by atoms with van der Waals surface area (Å²) >= 11 is 0. The van der Waals surface area contributed by atoms with Crippen LogP contribution < -0.4 is 5.32 Å². The number of anilines is 1. The van der Waals surface area contributed by atoms with Gasteiger partial charge in [-0.25, -0.2) is 0 Å². The van der Waals surface area contributed by atoms with Crippen molar-refractivity contribution in [3.63, 3.8) is 0 Å². The van der Waals surface area contributed by atoms with Gasteiger partial charge in [-0.05, 0) is 38.3 Å². The summed E-state index contributed by atoms with van der Waals surface area (Å²) < 4.78 is 39.0. The fourth-order valence-corrected chi connectivity index (χ4v) is 1.94. The summed E-state index contributed by atoms with van der Waals surface area (Å²) in [5.41, 5.74) is 0.0622. The first-order valence-corrected chi connectivity index (χ1v) is 6.59. The molecule has 0 radical (unpaired) electrons. The summed E-state index contributed by atoms with van der Waals surface area (Å²) in [5, 5.41) is 13.6. The highest BCUT2D eigenvalue weighted by Crippen LogP contribution is 2.27. The number of unbranched alkanes of at least 4 members (excludes halogenated alkanes) is 1. The monoisotopic (exact) mass is 299 g/mol. The van der Waals surface area contributed by atoms with Crippen molar-refractivity contribution in [2.45, 2.75) is 38.4 Å². The van der Waals surface area contributed by atoms with Gasteiger partial charge in [0.05, 0.1) is 0 Å². The Kier molecular flexibility index (Phi) is 4.44. The van der Waals surface area contributed by atoms with Gasteiger partial charge in [0.2, 0.25) is 0 Å². The van der Waals surface area contributed by atoms with Crippen molar-refractivity contribution >= 4 is 11.5 Å². The SMILES string of the molecule is C=CCCCC(C)Nc1ccc2nnc(C(F)(F)F)n2n1. The Labute approximate surface area is 119 Å². The van der Waals surface area contributed by atoms with Crippen molar-refractivity contribution < 1.29 is 13.2 Å². The van der Waals surface area contributed by atoms with Crippen LogP contribution in [0, 0.1) is 0 Å². The van der Waals surface area contributed by atoms with Gasteiger partial charge in [0, 0.05) is 6.04 Å². The van der Waals surface area contributed by atoms with Gasteiger partial charge < -0.3 is 5.32 Å². The van der Waals surface area contributed by atoms with Crippen molar-refractivity contribution in [1.29, 1.82) is 0 Å². The van der Waals surface area contributed by atoms with Gasteiger partial charge in [0.1, 0.15) is 5.82 Å². The predicted octanol–water partition coefficient (Wildman–Crippen LogP) is 3.30. The molecule has 1 unspecified atom stereocenters. The van der Waals surface area contributed by atoms with E-state index in [1.165, 1.54) is 6.07 Å². The number of hydrogen-bond donors (Lipinski definition) is 1. The lowest BCUT2D eigenvalue weighted by molar-refractivity contribution is -0.146. The third-order valence-electron chi connectivity index (χ3n) is 2.96. The molecule has 0 aliphatic rings. The van der Waals surface area contributed by atoms with E-state index in [9.17, 15) is 13.2 Å². The van der Waals surface area contributed by atoms with E-state index in [2.05, 4.69) is 27.2 Å². The molecule has 0 aromatic carbocycles. The molecule has 0 spiro atoms. The summed E-state index contributed by atoms with van der Waals surface area (Å²) in [6.45, 7) is 5.60. The van der Waals surface area contributed by atoms with Crippen LogP contribution in [-0.2, 0) is 6.18 Å². The summed E-state index contributed by atoms with van der Waals surface area (Å²) in [6.07, 6.45) is -0.00700. The number of nitrogens with one attached hydrogen (secondary N) is 1. The average Bonchev–Trinajstić information content (AvgIpc) is 2.82. The Bertz CT molecular complexity index is 620. The van der Waals surface area contributed by atoms with E-state index >= 15 is 0 Å². The zero-order valence-corrected chi connectivity index (χ0v) is 11.6. The number of fused-ring (bicyclic) bond motifs is 1. The Morgan fingerprint density at radius 3 is 2.81 bits per heavy atom. The molecular weight excluding hydrogens is 283 g/mol. The van der Waals surface area contributed by atoms with Crippen LogP contribution in [0.1, 0.15) is 32.0 Å². The molecule has 2 aromatic rings. The first-order chi connectivity index (χ1) is 9.91. The molecule has 21 heavy (non-hydrogen) atoms. The van der Waals surface area contributed by atoms with E-state index in [0.29, 0.717) is 10.3 Å². The molecule has 2 heterocycles. The van der Waals surface area contributed by atoms with Gasteiger partial charge in [-0.15, -0.1) is 21.9 Å². The molecule has 8 heteroatoms. The first-order valence-electron chi connectivity index (χ1n) is 6.59. The van der Waals surface area contributed by atoms with Crippen LogP contribution in [0.5, 0.6) is 0 Å². The van der Waals surface area contributed by atoms with Crippen LogP contribution in [0.25, 0.3) is 5.65 Å². The lowest BCUT2D eigenvalue weighted by atomic mass is 10.1. The standard InChI is InChI=1S/C13H16F3N5/c1-3-4-5-6-9(2)17-10-7-8-11-18-19-12(13(14,15)16)21(11)20-10/h3,7-9H,1,4-6H2,2H3,(H,17,20). The number of alkyl halides is 3. The van der Waals surface area contributed by atoms with Gasteiger partial charge in [0.25, 0.3) is 5.82 Å². The zero-order chi connectivity index (χ0) is 15.5. The minimum absolute atomic E-state index is 0.0622. The Morgan fingerprint density at radius 2 is 2.14 bits per heavy atom. The van der Waals surface area contributed by atoms with Gasteiger partial charge in [-0.1, -0.05) is 6.08 Å². The molecule has 2 rings (SSSR count). The lowest BCUT2D eigenvalue weighted by Crippen LogP contribution is -2.18. The number of aromatic nitrogens is 4. The van der Waals surface area contributed by atoms with Crippen LogP contribution in [0.2, 0.25) is 0 Å². The molecule has 1 N–H and O–H groups in total. The Morgan fingerprint density at radius 1 is 1.38 bits per heavy atom. The van der Waals surface area contributed by atoms with Crippen LogP contribution in [0.4, 0.5) is 19.0 Å². The quantitative estimate of drug-likeness (QED) is 0.657. The van der Waals surface area contributed by atoms with Gasteiger partial charge in [-0.2, -0.15) is 17.7 Å². The molecule has 5 nitrogen and oxygen atoms in total. The van der Waals surface area contributed by atoms with E-state index in [1.807, 2.05) is 13.0 Å². The minimum Gasteiger partial charge on any atom is -0.366 e. The van der Waals surface area contributed by atoms with Crippen LogP contribution >= 0.6 is 0 Å². The largest absolute Gasteiger partial charge is 0.453 e. The molecule has 0 aliphatic heterocycles. The molecule has 0 saturated carbocycles. The average molecular weight is 299 g/mol. The molecule has 0 amide bonds. The fourth-order valence-electron chi connectivity index (χ4n) is 1.94. The predicted molar refractivity (Wildman–Crippen MR) is 72.9 cm³/mol. The maximum absolute atomic E-state index is 12.8. The number of allylic oxidation sites excluding steroid dienone is 1. The molecular formula is C13H16F3N5. The molecule has 0 saturated heterocycles. The van der Waals surface area contributed by atoms with Crippen molar-refractivity contribution in [3.05, 3.63) is 30.6 Å².